The molecule has 0 aliphatic heterocycles. The van der Waals surface area contributed by atoms with Crippen molar-refractivity contribution in [2.45, 2.75) is 6.54 Å². The number of rotatable bonds is 3. The van der Waals surface area contributed by atoms with E-state index < -0.39 is 0 Å². The summed E-state index contributed by atoms with van der Waals surface area (Å²) in [5.41, 5.74) is 6.04. The minimum absolute atomic E-state index is 0.0752. The van der Waals surface area contributed by atoms with Gasteiger partial charge in [0.15, 0.2) is 0 Å². The summed E-state index contributed by atoms with van der Waals surface area (Å²) in [6, 6.07) is 0. The van der Waals surface area contributed by atoms with Crippen LogP contribution in [0.1, 0.15) is 5.69 Å². The van der Waals surface area contributed by atoms with E-state index in [-0.39, 0.29) is 5.96 Å². The largest absolute Gasteiger partial charge is 0.368 e. The highest BCUT2D eigenvalue weighted by atomic mass is 15.4. The molecule has 70 valence electrons. The second-order valence-corrected chi connectivity index (χ2v) is 2.25. The normalized spacial score (nSPS) is 11.6. The second-order valence-electron chi connectivity index (χ2n) is 2.25. The van der Waals surface area contributed by atoms with Crippen LogP contribution in [0.3, 0.4) is 0 Å². The van der Waals surface area contributed by atoms with E-state index in [4.69, 9.17) is 5.73 Å². The number of nitrogens with two attached hydrogens (primary N) is 1. The zero-order valence-corrected chi connectivity index (χ0v) is 7.28. The van der Waals surface area contributed by atoms with Gasteiger partial charge in [-0.05, 0) is 13.8 Å². The number of guanidine groups is 1. The van der Waals surface area contributed by atoms with Crippen LogP contribution in [0.25, 0.3) is 0 Å². The molecular formula is C6H11N7. The van der Waals surface area contributed by atoms with Crippen molar-refractivity contribution in [3.63, 3.8) is 0 Å². The summed E-state index contributed by atoms with van der Waals surface area (Å²) in [7, 11) is 1.80. The van der Waals surface area contributed by atoms with Gasteiger partial charge >= 0.3 is 0 Å². The van der Waals surface area contributed by atoms with Crippen molar-refractivity contribution in [2.75, 3.05) is 7.05 Å². The number of hydrogen-bond donors (Lipinski definition) is 3. The Hall–Kier alpha value is -1.76. The number of aromatic amines is 1. The van der Waals surface area contributed by atoms with Gasteiger partial charge in [-0.25, -0.2) is 4.99 Å². The second kappa shape index (κ2) is 4.31. The van der Waals surface area contributed by atoms with Gasteiger partial charge in [-0.3, -0.25) is 0 Å². The van der Waals surface area contributed by atoms with Crippen molar-refractivity contribution in [1.29, 1.82) is 0 Å². The maximum absolute atomic E-state index is 5.35. The van der Waals surface area contributed by atoms with Crippen molar-refractivity contribution in [3.05, 3.63) is 5.69 Å². The predicted molar refractivity (Wildman–Crippen MR) is 50.0 cm³/mol. The van der Waals surface area contributed by atoms with Crippen LogP contribution in [0.2, 0.25) is 0 Å². The van der Waals surface area contributed by atoms with E-state index in [1.165, 1.54) is 0 Å². The fourth-order valence-electron chi connectivity index (χ4n) is 0.767. The third-order valence-electron chi connectivity index (χ3n) is 1.33. The van der Waals surface area contributed by atoms with Gasteiger partial charge in [-0.15, -0.1) is 5.10 Å². The first-order valence-electron chi connectivity index (χ1n) is 3.63. The van der Waals surface area contributed by atoms with Crippen LogP contribution in [-0.4, -0.2) is 35.1 Å². The minimum Gasteiger partial charge on any atom is -0.368 e. The maximum atomic E-state index is 5.35. The molecule has 1 aromatic heterocycles. The number of nitrogens with zero attached hydrogens (tertiary/aromatic N) is 4. The molecule has 0 bridgehead atoms. The third kappa shape index (κ3) is 2.34. The van der Waals surface area contributed by atoms with Crippen LogP contribution in [0, 0.1) is 0 Å². The van der Waals surface area contributed by atoms with Gasteiger partial charge in [0, 0.05) is 6.54 Å². The van der Waals surface area contributed by atoms with E-state index in [0.29, 0.717) is 18.1 Å². The molecule has 0 aromatic carbocycles. The van der Waals surface area contributed by atoms with Gasteiger partial charge in [-0.1, -0.05) is 0 Å². The summed E-state index contributed by atoms with van der Waals surface area (Å²) in [6.45, 7) is 3.81. The van der Waals surface area contributed by atoms with Gasteiger partial charge in [0.25, 0.3) is 0 Å². The molecule has 0 saturated carbocycles. The van der Waals surface area contributed by atoms with E-state index in [9.17, 15) is 0 Å². The third-order valence-corrected chi connectivity index (χ3v) is 1.33. The molecule has 1 heterocycles. The van der Waals surface area contributed by atoms with Crippen LogP contribution in [0.15, 0.2) is 9.98 Å². The lowest BCUT2D eigenvalue weighted by Gasteiger charge is -1.93. The Morgan fingerprint density at radius 1 is 1.69 bits per heavy atom. The molecule has 0 atom stereocenters. The molecule has 0 fully saturated rings. The van der Waals surface area contributed by atoms with Crippen LogP contribution in [0.5, 0.6) is 0 Å². The summed E-state index contributed by atoms with van der Waals surface area (Å²) in [5.74, 6) is 0.505. The standard InChI is InChI=1S/C6H11N7/c1-8-3-4-5(12-13-11-4)10-6(7)9-2/h8H,2-3H2,1H3,(H3,7,10,11,12,13). The van der Waals surface area contributed by atoms with Crippen LogP contribution >= 0.6 is 0 Å². The smallest absolute Gasteiger partial charge is 0.221 e. The molecule has 1 rings (SSSR count). The Bertz CT molecular complexity index is 313. The maximum Gasteiger partial charge on any atom is 0.221 e. The van der Waals surface area contributed by atoms with Crippen molar-refractivity contribution >= 4 is 18.5 Å². The van der Waals surface area contributed by atoms with Crippen molar-refractivity contribution in [1.82, 2.24) is 20.7 Å². The van der Waals surface area contributed by atoms with Gasteiger partial charge in [0.2, 0.25) is 11.8 Å². The van der Waals surface area contributed by atoms with Crippen molar-refractivity contribution < 1.29 is 0 Å². The number of aliphatic imine (C=N–C) groups is 2. The summed E-state index contributed by atoms with van der Waals surface area (Å²) in [4.78, 5) is 7.32. The molecule has 7 heteroatoms. The molecule has 4 N–H and O–H groups in total. The monoisotopic (exact) mass is 181 g/mol. The zero-order chi connectivity index (χ0) is 9.68. The first kappa shape index (κ1) is 9.33. The molecule has 0 aliphatic rings. The Kier molecular flexibility index (Phi) is 3.09. The summed E-state index contributed by atoms with van der Waals surface area (Å²) < 4.78 is 0. The highest BCUT2D eigenvalue weighted by Crippen LogP contribution is 2.10. The molecule has 0 radical (unpaired) electrons. The van der Waals surface area contributed by atoms with Gasteiger partial charge in [0.1, 0.15) is 5.69 Å². The lowest BCUT2D eigenvalue weighted by atomic mass is 10.4. The van der Waals surface area contributed by atoms with Crippen molar-refractivity contribution in [2.24, 2.45) is 15.7 Å². The fourth-order valence-corrected chi connectivity index (χ4v) is 0.767. The first-order chi connectivity index (χ1) is 6.27. The number of nitrogens with one attached hydrogen (secondary N) is 2. The van der Waals surface area contributed by atoms with Crippen LogP contribution in [-0.2, 0) is 6.54 Å². The fraction of sp³-hybridized carbons (Fsp3) is 0.333. The highest BCUT2D eigenvalue weighted by Gasteiger charge is 2.05. The van der Waals surface area contributed by atoms with Gasteiger partial charge < -0.3 is 11.1 Å². The summed E-state index contributed by atoms with van der Waals surface area (Å²) in [5, 5.41) is 13.0. The minimum atomic E-state index is 0.0752. The molecule has 13 heavy (non-hydrogen) atoms. The van der Waals surface area contributed by atoms with E-state index in [0.717, 1.165) is 0 Å². The van der Waals surface area contributed by atoms with Gasteiger partial charge in [-0.2, -0.15) is 15.3 Å². The lowest BCUT2D eigenvalue weighted by molar-refractivity contribution is 0.781. The molecule has 0 amide bonds. The van der Waals surface area contributed by atoms with E-state index in [1.54, 1.807) is 7.05 Å². The average Bonchev–Trinajstić information content (AvgIpc) is 2.54. The molecule has 0 saturated heterocycles. The SMILES string of the molecule is C=NC(N)=Nc1n[nH]nc1CNC. The number of hydrogen-bond acceptors (Lipinski definition) is 4. The Morgan fingerprint density at radius 3 is 3.08 bits per heavy atom. The molecule has 7 nitrogen and oxygen atoms in total. The average molecular weight is 181 g/mol. The molecule has 0 spiro atoms. The number of aromatic nitrogens is 3. The van der Waals surface area contributed by atoms with Crippen LogP contribution < -0.4 is 11.1 Å². The topological polar surface area (TPSA) is 104 Å². The Balaban J connectivity index is 2.87. The van der Waals surface area contributed by atoms with Gasteiger partial charge in [0.05, 0.1) is 0 Å². The lowest BCUT2D eigenvalue weighted by Crippen LogP contribution is -2.08. The van der Waals surface area contributed by atoms with E-state index >= 15 is 0 Å². The van der Waals surface area contributed by atoms with E-state index in [1.807, 2.05) is 0 Å². The number of H-pyrrole nitrogens is 1. The summed E-state index contributed by atoms with van der Waals surface area (Å²) in [6.07, 6.45) is 0. The zero-order valence-electron chi connectivity index (χ0n) is 7.28. The first-order valence-corrected chi connectivity index (χ1v) is 3.63. The quantitative estimate of drug-likeness (QED) is 0.418. The molecule has 0 aliphatic carbocycles. The molecular weight excluding hydrogens is 170 g/mol. The Labute approximate surface area is 75.2 Å². The highest BCUT2D eigenvalue weighted by molar-refractivity contribution is 5.84. The molecule has 1 aromatic rings. The summed E-state index contributed by atoms with van der Waals surface area (Å²) >= 11 is 0. The Morgan fingerprint density at radius 2 is 2.46 bits per heavy atom. The van der Waals surface area contributed by atoms with E-state index in [2.05, 4.69) is 37.4 Å². The molecule has 0 unspecified atom stereocenters. The predicted octanol–water partition coefficient (Wildman–Crippen LogP) is -0.829. The van der Waals surface area contributed by atoms with Crippen LogP contribution in [0.4, 0.5) is 5.82 Å². The van der Waals surface area contributed by atoms with Crippen molar-refractivity contribution in [3.8, 4) is 0 Å².